The Morgan fingerprint density at radius 2 is 1.81 bits per heavy atom. The van der Waals surface area contributed by atoms with Gasteiger partial charge in [0.15, 0.2) is 0 Å². The van der Waals surface area contributed by atoms with Crippen LogP contribution in [-0.2, 0) is 6.42 Å². The van der Waals surface area contributed by atoms with Crippen LogP contribution >= 0.6 is 15.9 Å². The Balaban J connectivity index is 2.01. The van der Waals surface area contributed by atoms with Crippen LogP contribution in [-0.4, -0.2) is 4.98 Å². The van der Waals surface area contributed by atoms with Crippen LogP contribution in [0.2, 0.25) is 0 Å². The second kappa shape index (κ2) is 6.35. The monoisotopic (exact) mass is 341 g/mol. The number of hydrazine groups is 1. The molecule has 3 N–H and O–H groups in total. The minimum Gasteiger partial charge on any atom is -0.271 e. The van der Waals surface area contributed by atoms with Gasteiger partial charge in [0.05, 0.1) is 11.7 Å². The average molecular weight is 342 g/mol. The van der Waals surface area contributed by atoms with Gasteiger partial charge in [0.25, 0.3) is 0 Å². The molecule has 21 heavy (non-hydrogen) atoms. The Morgan fingerprint density at radius 3 is 2.62 bits per heavy atom. The van der Waals surface area contributed by atoms with Gasteiger partial charge in [-0.25, -0.2) is 0 Å². The number of nitrogens with zero attached hydrogens (tertiary/aromatic N) is 1. The van der Waals surface area contributed by atoms with E-state index < -0.39 is 0 Å². The molecule has 1 aromatic heterocycles. The topological polar surface area (TPSA) is 50.9 Å². The van der Waals surface area contributed by atoms with Crippen LogP contribution in [0.15, 0.2) is 65.3 Å². The van der Waals surface area contributed by atoms with E-state index in [1.165, 1.54) is 10.9 Å². The number of benzene rings is 2. The molecule has 0 aliphatic rings. The van der Waals surface area contributed by atoms with Crippen molar-refractivity contribution in [3.63, 3.8) is 0 Å². The van der Waals surface area contributed by atoms with Gasteiger partial charge in [0.1, 0.15) is 0 Å². The molecule has 0 radical (unpaired) electrons. The second-order valence-corrected chi connectivity index (χ2v) is 5.79. The molecule has 0 saturated carbocycles. The first-order chi connectivity index (χ1) is 10.3. The highest BCUT2D eigenvalue weighted by Gasteiger charge is 2.16. The Kier molecular flexibility index (Phi) is 4.29. The molecule has 3 aromatic rings. The summed E-state index contributed by atoms with van der Waals surface area (Å²) in [5.74, 6) is 5.79. The Labute approximate surface area is 132 Å². The van der Waals surface area contributed by atoms with Crippen LogP contribution in [0.4, 0.5) is 0 Å². The number of halogens is 1. The zero-order valence-electron chi connectivity index (χ0n) is 11.5. The predicted molar refractivity (Wildman–Crippen MR) is 89.7 cm³/mol. The molecule has 1 unspecified atom stereocenters. The first-order valence-corrected chi connectivity index (χ1v) is 7.62. The third kappa shape index (κ3) is 2.97. The largest absolute Gasteiger partial charge is 0.271 e. The van der Waals surface area contributed by atoms with Gasteiger partial charge in [-0.05, 0) is 29.5 Å². The fraction of sp³-hybridized carbons (Fsp3) is 0.118. The normalized spacial score (nSPS) is 12.5. The number of hydrogen-bond donors (Lipinski definition) is 2. The molecule has 3 nitrogen and oxygen atoms in total. The molecule has 2 aromatic carbocycles. The van der Waals surface area contributed by atoms with E-state index in [9.17, 15) is 0 Å². The van der Waals surface area contributed by atoms with Crippen molar-refractivity contribution in [1.82, 2.24) is 10.4 Å². The van der Waals surface area contributed by atoms with E-state index in [1.807, 2.05) is 42.6 Å². The van der Waals surface area contributed by atoms with Crippen molar-refractivity contribution in [2.75, 3.05) is 0 Å². The van der Waals surface area contributed by atoms with Gasteiger partial charge in [-0.1, -0.05) is 58.4 Å². The zero-order valence-corrected chi connectivity index (χ0v) is 13.0. The first kappa shape index (κ1) is 14.2. The van der Waals surface area contributed by atoms with Crippen LogP contribution in [0, 0.1) is 0 Å². The number of fused-ring (bicyclic) bond motifs is 1. The lowest BCUT2D eigenvalue weighted by molar-refractivity contribution is 0.542. The van der Waals surface area contributed by atoms with Crippen LogP contribution in [0.5, 0.6) is 0 Å². The first-order valence-electron chi connectivity index (χ1n) is 6.83. The molecular weight excluding hydrogens is 326 g/mol. The van der Waals surface area contributed by atoms with Gasteiger partial charge in [-0.3, -0.25) is 16.3 Å². The SMILES string of the molecule is NNC(Cc1ccccc1Br)c1nccc2ccccc12. The molecule has 3 rings (SSSR count). The van der Waals surface area contributed by atoms with Crippen LogP contribution < -0.4 is 11.3 Å². The standard InChI is InChI=1S/C17H16BrN3/c18-15-8-4-2-6-13(15)11-16(21-19)17-14-7-3-1-5-12(14)9-10-20-17/h1-10,16,21H,11,19H2. The summed E-state index contributed by atoms with van der Waals surface area (Å²) < 4.78 is 1.09. The maximum absolute atomic E-state index is 5.79. The van der Waals surface area contributed by atoms with Gasteiger partial charge < -0.3 is 0 Å². The predicted octanol–water partition coefficient (Wildman–Crippen LogP) is 3.74. The Morgan fingerprint density at radius 1 is 1.05 bits per heavy atom. The number of pyridine rings is 1. The van der Waals surface area contributed by atoms with Crippen molar-refractivity contribution < 1.29 is 0 Å². The van der Waals surface area contributed by atoms with Crippen LogP contribution in [0.25, 0.3) is 10.8 Å². The molecule has 0 bridgehead atoms. The fourth-order valence-electron chi connectivity index (χ4n) is 2.54. The molecule has 0 aliphatic carbocycles. The Bertz CT molecular complexity index is 752. The summed E-state index contributed by atoms with van der Waals surface area (Å²) >= 11 is 3.59. The van der Waals surface area contributed by atoms with E-state index in [0.29, 0.717) is 0 Å². The molecule has 4 heteroatoms. The van der Waals surface area contributed by atoms with Gasteiger partial charge in [0, 0.05) is 16.1 Å². The lowest BCUT2D eigenvalue weighted by atomic mass is 9.99. The third-order valence-electron chi connectivity index (χ3n) is 3.62. The van der Waals surface area contributed by atoms with Crippen molar-refractivity contribution in [1.29, 1.82) is 0 Å². The third-order valence-corrected chi connectivity index (χ3v) is 4.39. The van der Waals surface area contributed by atoms with Gasteiger partial charge in [0.2, 0.25) is 0 Å². The number of hydrogen-bond acceptors (Lipinski definition) is 3. The van der Waals surface area contributed by atoms with E-state index in [-0.39, 0.29) is 6.04 Å². The summed E-state index contributed by atoms with van der Waals surface area (Å²) in [5, 5.41) is 2.31. The summed E-state index contributed by atoms with van der Waals surface area (Å²) in [6.07, 6.45) is 2.61. The molecule has 106 valence electrons. The lowest BCUT2D eigenvalue weighted by Gasteiger charge is -2.18. The highest BCUT2D eigenvalue weighted by atomic mass is 79.9. The minimum absolute atomic E-state index is 0.0326. The van der Waals surface area contributed by atoms with E-state index >= 15 is 0 Å². The van der Waals surface area contributed by atoms with Crippen molar-refractivity contribution in [3.05, 3.63) is 76.5 Å². The quantitative estimate of drug-likeness (QED) is 0.561. The average Bonchev–Trinajstić information content (AvgIpc) is 2.54. The number of nitrogens with one attached hydrogen (secondary N) is 1. The summed E-state index contributed by atoms with van der Waals surface area (Å²) in [5.41, 5.74) is 5.08. The van der Waals surface area contributed by atoms with E-state index in [1.54, 1.807) is 0 Å². The van der Waals surface area contributed by atoms with Crippen molar-refractivity contribution in [2.24, 2.45) is 5.84 Å². The molecule has 0 saturated heterocycles. The van der Waals surface area contributed by atoms with E-state index in [0.717, 1.165) is 22.0 Å². The number of aromatic nitrogens is 1. The smallest absolute Gasteiger partial charge is 0.0679 e. The maximum Gasteiger partial charge on any atom is 0.0679 e. The van der Waals surface area contributed by atoms with Gasteiger partial charge >= 0.3 is 0 Å². The Hall–Kier alpha value is -1.75. The number of nitrogens with two attached hydrogens (primary N) is 1. The molecule has 0 spiro atoms. The molecule has 0 aliphatic heterocycles. The fourth-order valence-corrected chi connectivity index (χ4v) is 2.99. The highest BCUT2D eigenvalue weighted by Crippen LogP contribution is 2.26. The van der Waals surface area contributed by atoms with Gasteiger partial charge in [-0.15, -0.1) is 0 Å². The lowest BCUT2D eigenvalue weighted by Crippen LogP contribution is -2.30. The summed E-state index contributed by atoms with van der Waals surface area (Å²) in [6, 6.07) is 18.4. The minimum atomic E-state index is -0.0326. The van der Waals surface area contributed by atoms with Crippen molar-refractivity contribution in [3.8, 4) is 0 Å². The van der Waals surface area contributed by atoms with Gasteiger partial charge in [-0.2, -0.15) is 0 Å². The summed E-state index contributed by atoms with van der Waals surface area (Å²) in [7, 11) is 0. The highest BCUT2D eigenvalue weighted by molar-refractivity contribution is 9.10. The second-order valence-electron chi connectivity index (χ2n) is 4.93. The summed E-state index contributed by atoms with van der Waals surface area (Å²) in [6.45, 7) is 0. The van der Waals surface area contributed by atoms with Crippen molar-refractivity contribution >= 4 is 26.7 Å². The van der Waals surface area contributed by atoms with Crippen LogP contribution in [0.1, 0.15) is 17.3 Å². The van der Waals surface area contributed by atoms with Crippen molar-refractivity contribution in [2.45, 2.75) is 12.5 Å². The molecule has 1 heterocycles. The van der Waals surface area contributed by atoms with E-state index in [4.69, 9.17) is 5.84 Å². The molecule has 0 amide bonds. The molecular formula is C17H16BrN3. The zero-order chi connectivity index (χ0) is 14.7. The van der Waals surface area contributed by atoms with Crippen LogP contribution in [0.3, 0.4) is 0 Å². The van der Waals surface area contributed by atoms with E-state index in [2.05, 4.69) is 44.5 Å². The molecule has 1 atom stereocenters. The molecule has 0 fully saturated rings. The maximum atomic E-state index is 5.79. The summed E-state index contributed by atoms with van der Waals surface area (Å²) in [4.78, 5) is 4.55. The number of rotatable bonds is 4.